The van der Waals surface area contributed by atoms with Crippen LogP contribution in [0.25, 0.3) is 0 Å². The van der Waals surface area contributed by atoms with Crippen LogP contribution in [0.3, 0.4) is 0 Å². The standard InChI is InChI=1S/C7H18N2O4/c1-2-4-7(9(12)13)5-3-6-8(10)11/h7,10-13H,2-6H2,1H3. The Morgan fingerprint density at radius 3 is 2.08 bits per heavy atom. The van der Waals surface area contributed by atoms with E-state index in [9.17, 15) is 0 Å². The van der Waals surface area contributed by atoms with Crippen molar-refractivity contribution < 1.29 is 20.8 Å². The van der Waals surface area contributed by atoms with E-state index in [1.54, 1.807) is 0 Å². The largest absolute Gasteiger partial charge is 0.290 e. The van der Waals surface area contributed by atoms with Crippen LogP contribution in [0.4, 0.5) is 0 Å². The molecular formula is C7H18N2O4. The highest BCUT2D eigenvalue weighted by molar-refractivity contribution is 4.60. The van der Waals surface area contributed by atoms with Gasteiger partial charge in [-0.1, -0.05) is 23.8 Å². The molecule has 0 heterocycles. The lowest BCUT2D eigenvalue weighted by molar-refractivity contribution is -0.336. The minimum Gasteiger partial charge on any atom is -0.290 e. The molecule has 6 nitrogen and oxygen atoms in total. The molecule has 0 saturated carbocycles. The molecule has 0 aliphatic rings. The van der Waals surface area contributed by atoms with E-state index in [2.05, 4.69) is 0 Å². The molecule has 0 fully saturated rings. The third-order valence-corrected chi connectivity index (χ3v) is 1.84. The minimum atomic E-state index is -0.329. The SMILES string of the molecule is CCCC(CCCN(O)O)N(O)O. The van der Waals surface area contributed by atoms with E-state index in [-0.39, 0.29) is 23.0 Å². The topological polar surface area (TPSA) is 87.4 Å². The van der Waals surface area contributed by atoms with Crippen LogP contribution < -0.4 is 0 Å². The van der Waals surface area contributed by atoms with E-state index in [0.717, 1.165) is 6.42 Å². The fourth-order valence-corrected chi connectivity index (χ4v) is 1.18. The molecule has 0 rings (SSSR count). The van der Waals surface area contributed by atoms with Gasteiger partial charge in [-0.3, -0.25) is 20.8 Å². The summed E-state index contributed by atoms with van der Waals surface area (Å²) in [4.78, 5) is 0. The summed E-state index contributed by atoms with van der Waals surface area (Å²) in [5.41, 5.74) is 0. The maximum atomic E-state index is 8.76. The number of hydroxylamine groups is 4. The Morgan fingerprint density at radius 2 is 1.69 bits per heavy atom. The third kappa shape index (κ3) is 6.88. The van der Waals surface area contributed by atoms with Crippen molar-refractivity contribution in [1.29, 1.82) is 0 Å². The first-order chi connectivity index (χ1) is 6.07. The lowest BCUT2D eigenvalue weighted by atomic mass is 10.1. The number of hydrogen-bond acceptors (Lipinski definition) is 6. The van der Waals surface area contributed by atoms with Gasteiger partial charge in [0.15, 0.2) is 0 Å². The first-order valence-corrected chi connectivity index (χ1v) is 4.40. The molecule has 1 atom stereocenters. The van der Waals surface area contributed by atoms with Gasteiger partial charge >= 0.3 is 0 Å². The van der Waals surface area contributed by atoms with E-state index in [0.29, 0.717) is 19.3 Å². The molecule has 4 N–H and O–H groups in total. The van der Waals surface area contributed by atoms with Gasteiger partial charge in [-0.2, -0.15) is 0 Å². The zero-order chi connectivity index (χ0) is 10.3. The summed E-state index contributed by atoms with van der Waals surface area (Å²) in [6, 6.07) is -0.329. The molecule has 1 unspecified atom stereocenters. The Bertz CT molecular complexity index is 121. The van der Waals surface area contributed by atoms with E-state index in [1.165, 1.54) is 0 Å². The third-order valence-electron chi connectivity index (χ3n) is 1.84. The molecule has 0 aromatic carbocycles. The molecule has 0 aliphatic heterocycles. The van der Waals surface area contributed by atoms with Crippen LogP contribution in [0.1, 0.15) is 32.6 Å². The van der Waals surface area contributed by atoms with Crippen molar-refractivity contribution in [2.45, 2.75) is 38.6 Å². The van der Waals surface area contributed by atoms with Gasteiger partial charge in [-0.25, -0.2) is 0 Å². The molecule has 13 heavy (non-hydrogen) atoms. The summed E-state index contributed by atoms with van der Waals surface area (Å²) in [6.45, 7) is 2.05. The number of rotatable bonds is 7. The van der Waals surface area contributed by atoms with Gasteiger partial charge in [0, 0.05) is 0 Å². The minimum absolute atomic E-state index is 0.0993. The van der Waals surface area contributed by atoms with E-state index in [1.807, 2.05) is 6.92 Å². The van der Waals surface area contributed by atoms with Crippen LogP contribution in [-0.4, -0.2) is 43.9 Å². The summed E-state index contributed by atoms with van der Waals surface area (Å²) in [5.74, 6) is 0. The first kappa shape index (κ1) is 12.8. The van der Waals surface area contributed by atoms with Crippen molar-refractivity contribution in [2.75, 3.05) is 6.54 Å². The van der Waals surface area contributed by atoms with Crippen molar-refractivity contribution >= 4 is 0 Å². The van der Waals surface area contributed by atoms with Crippen molar-refractivity contribution in [3.8, 4) is 0 Å². The summed E-state index contributed by atoms with van der Waals surface area (Å²) >= 11 is 0. The van der Waals surface area contributed by atoms with E-state index >= 15 is 0 Å². The molecule has 0 amide bonds. The number of nitrogens with zero attached hydrogens (tertiary/aromatic N) is 2. The molecule has 0 radical (unpaired) electrons. The maximum Gasteiger partial charge on any atom is 0.0624 e. The normalized spacial score (nSPS) is 14.1. The maximum absolute atomic E-state index is 8.76. The summed E-state index contributed by atoms with van der Waals surface area (Å²) in [7, 11) is 0. The highest BCUT2D eigenvalue weighted by Crippen LogP contribution is 2.09. The van der Waals surface area contributed by atoms with Crippen molar-refractivity contribution in [2.24, 2.45) is 0 Å². The molecular weight excluding hydrogens is 176 g/mol. The fraction of sp³-hybridized carbons (Fsp3) is 1.00. The fourth-order valence-electron chi connectivity index (χ4n) is 1.18. The van der Waals surface area contributed by atoms with Crippen LogP contribution in [-0.2, 0) is 0 Å². The quantitative estimate of drug-likeness (QED) is 0.454. The molecule has 80 valence electrons. The average molecular weight is 194 g/mol. The van der Waals surface area contributed by atoms with Gasteiger partial charge in [0.1, 0.15) is 0 Å². The van der Waals surface area contributed by atoms with Crippen LogP contribution in [0, 0.1) is 0 Å². The van der Waals surface area contributed by atoms with Crippen LogP contribution in [0.5, 0.6) is 0 Å². The van der Waals surface area contributed by atoms with Crippen LogP contribution in [0.15, 0.2) is 0 Å². The van der Waals surface area contributed by atoms with Crippen LogP contribution >= 0.6 is 0 Å². The van der Waals surface area contributed by atoms with Gasteiger partial charge in [-0.15, -0.1) is 0 Å². The Balaban J connectivity index is 3.57. The lowest BCUT2D eigenvalue weighted by Crippen LogP contribution is -2.30. The summed E-state index contributed by atoms with van der Waals surface area (Å²) in [5, 5.41) is 34.6. The predicted molar refractivity (Wildman–Crippen MR) is 43.6 cm³/mol. The number of hydrogen-bond donors (Lipinski definition) is 4. The smallest absolute Gasteiger partial charge is 0.0624 e. The van der Waals surface area contributed by atoms with Crippen molar-refractivity contribution in [3.63, 3.8) is 0 Å². The van der Waals surface area contributed by atoms with Gasteiger partial charge in [0.2, 0.25) is 0 Å². The molecule has 6 heteroatoms. The van der Waals surface area contributed by atoms with E-state index < -0.39 is 0 Å². The molecule has 0 bridgehead atoms. The van der Waals surface area contributed by atoms with Gasteiger partial charge in [0.05, 0.1) is 12.6 Å². The summed E-state index contributed by atoms with van der Waals surface area (Å²) in [6.07, 6.45) is 2.53. The van der Waals surface area contributed by atoms with Gasteiger partial charge < -0.3 is 0 Å². The lowest BCUT2D eigenvalue weighted by Gasteiger charge is -2.19. The second-order valence-electron chi connectivity index (χ2n) is 3.00. The van der Waals surface area contributed by atoms with Gasteiger partial charge in [-0.05, 0) is 19.3 Å². The zero-order valence-corrected chi connectivity index (χ0v) is 7.80. The van der Waals surface area contributed by atoms with Crippen molar-refractivity contribution in [3.05, 3.63) is 0 Å². The molecule has 0 aromatic rings. The monoisotopic (exact) mass is 194 g/mol. The highest BCUT2D eigenvalue weighted by Gasteiger charge is 2.13. The molecule has 0 aromatic heterocycles. The van der Waals surface area contributed by atoms with Crippen LogP contribution in [0.2, 0.25) is 0 Å². The Hall–Kier alpha value is -0.240. The zero-order valence-electron chi connectivity index (χ0n) is 7.80. The highest BCUT2D eigenvalue weighted by atomic mass is 16.8. The van der Waals surface area contributed by atoms with Gasteiger partial charge in [0.25, 0.3) is 0 Å². The molecule has 0 spiro atoms. The average Bonchev–Trinajstić information content (AvgIpc) is 2.02. The molecule has 0 aliphatic carbocycles. The second kappa shape index (κ2) is 7.19. The van der Waals surface area contributed by atoms with Crippen molar-refractivity contribution in [1.82, 2.24) is 10.5 Å². The van der Waals surface area contributed by atoms with E-state index in [4.69, 9.17) is 20.8 Å². The Morgan fingerprint density at radius 1 is 1.08 bits per heavy atom. The second-order valence-corrected chi connectivity index (χ2v) is 3.00. The summed E-state index contributed by atoms with van der Waals surface area (Å²) < 4.78 is 0. The molecule has 0 saturated heterocycles. The Labute approximate surface area is 77.4 Å². The first-order valence-electron chi connectivity index (χ1n) is 4.40. The predicted octanol–water partition coefficient (Wildman–Crippen LogP) is 1.10. The Kier molecular flexibility index (Phi) is 7.06.